The van der Waals surface area contributed by atoms with Crippen LogP contribution in [0.1, 0.15) is 0 Å². The molecule has 0 saturated carbocycles. The van der Waals surface area contributed by atoms with Crippen LogP contribution in [0, 0.1) is 0 Å². The SMILES string of the molecule is COc1ccc(N=C=O)c(Cl)c1OC. The maximum atomic E-state index is 10.1. The highest BCUT2D eigenvalue weighted by molar-refractivity contribution is 6.34. The topological polar surface area (TPSA) is 47.9 Å². The van der Waals surface area contributed by atoms with Gasteiger partial charge >= 0.3 is 0 Å². The summed E-state index contributed by atoms with van der Waals surface area (Å²) in [7, 11) is 2.95. The van der Waals surface area contributed by atoms with Crippen molar-refractivity contribution in [2.45, 2.75) is 0 Å². The number of hydrogen-bond donors (Lipinski definition) is 0. The number of benzene rings is 1. The van der Waals surface area contributed by atoms with Gasteiger partial charge in [-0.15, -0.1) is 0 Å². The second kappa shape index (κ2) is 4.65. The minimum Gasteiger partial charge on any atom is -0.493 e. The highest BCUT2D eigenvalue weighted by atomic mass is 35.5. The monoisotopic (exact) mass is 213 g/mol. The molecule has 4 nitrogen and oxygen atoms in total. The van der Waals surface area contributed by atoms with Gasteiger partial charge in [-0.25, -0.2) is 4.79 Å². The Hall–Kier alpha value is -1.51. The standard InChI is InChI=1S/C9H8ClNO3/c1-13-7-4-3-6(11-5-12)8(10)9(7)14-2/h3-4H,1-2H3. The van der Waals surface area contributed by atoms with E-state index in [4.69, 9.17) is 21.1 Å². The first kappa shape index (κ1) is 10.6. The molecule has 74 valence electrons. The van der Waals surface area contributed by atoms with Crippen LogP contribution < -0.4 is 9.47 Å². The number of isocyanates is 1. The number of rotatable bonds is 3. The Morgan fingerprint density at radius 2 is 2.07 bits per heavy atom. The van der Waals surface area contributed by atoms with Gasteiger partial charge in [0.2, 0.25) is 6.08 Å². The third-order valence-corrected chi connectivity index (χ3v) is 2.00. The van der Waals surface area contributed by atoms with Crippen LogP contribution in [0.2, 0.25) is 5.02 Å². The summed E-state index contributed by atoms with van der Waals surface area (Å²) in [4.78, 5) is 13.5. The van der Waals surface area contributed by atoms with E-state index in [1.54, 1.807) is 12.1 Å². The van der Waals surface area contributed by atoms with Crippen LogP contribution in [0.4, 0.5) is 5.69 Å². The highest BCUT2D eigenvalue weighted by Crippen LogP contribution is 2.40. The molecular formula is C9H8ClNO3. The van der Waals surface area contributed by atoms with Gasteiger partial charge in [0.05, 0.1) is 19.9 Å². The Bertz CT molecular complexity index is 386. The third kappa shape index (κ3) is 1.87. The number of aliphatic imine (C=N–C) groups is 1. The summed E-state index contributed by atoms with van der Waals surface area (Å²) in [6.07, 6.45) is 1.41. The summed E-state index contributed by atoms with van der Waals surface area (Å²) in [5.41, 5.74) is 0.305. The van der Waals surface area contributed by atoms with Crippen LogP contribution in [0.3, 0.4) is 0 Å². The van der Waals surface area contributed by atoms with Gasteiger partial charge in [-0.1, -0.05) is 11.6 Å². The molecular weight excluding hydrogens is 206 g/mol. The molecule has 0 radical (unpaired) electrons. The van der Waals surface area contributed by atoms with Crippen molar-refractivity contribution in [1.82, 2.24) is 0 Å². The van der Waals surface area contributed by atoms with Crippen molar-refractivity contribution in [2.24, 2.45) is 4.99 Å². The maximum absolute atomic E-state index is 10.1. The van der Waals surface area contributed by atoms with Crippen molar-refractivity contribution in [1.29, 1.82) is 0 Å². The largest absolute Gasteiger partial charge is 0.493 e. The van der Waals surface area contributed by atoms with Gasteiger partial charge in [0.1, 0.15) is 5.02 Å². The molecule has 0 aliphatic heterocycles. The lowest BCUT2D eigenvalue weighted by Gasteiger charge is -2.09. The number of carbonyl (C=O) groups excluding carboxylic acids is 1. The van der Waals surface area contributed by atoms with Crippen LogP contribution in [-0.2, 0) is 4.79 Å². The van der Waals surface area contributed by atoms with Gasteiger partial charge in [0, 0.05) is 0 Å². The van der Waals surface area contributed by atoms with Crippen molar-refractivity contribution in [3.05, 3.63) is 17.2 Å². The van der Waals surface area contributed by atoms with E-state index >= 15 is 0 Å². The van der Waals surface area contributed by atoms with E-state index in [1.165, 1.54) is 20.3 Å². The molecule has 0 aliphatic carbocycles. The Labute approximate surface area is 86.1 Å². The van der Waals surface area contributed by atoms with Gasteiger partial charge in [-0.2, -0.15) is 4.99 Å². The van der Waals surface area contributed by atoms with Crippen molar-refractivity contribution in [2.75, 3.05) is 14.2 Å². The molecule has 0 atom stereocenters. The van der Waals surface area contributed by atoms with Gasteiger partial charge < -0.3 is 9.47 Å². The van der Waals surface area contributed by atoms with E-state index in [1.807, 2.05) is 0 Å². The fraction of sp³-hybridized carbons (Fsp3) is 0.222. The lowest BCUT2D eigenvalue weighted by Crippen LogP contribution is -1.90. The predicted octanol–water partition coefficient (Wildman–Crippen LogP) is 2.32. The summed E-state index contributed by atoms with van der Waals surface area (Å²) in [5.74, 6) is 0.841. The quantitative estimate of drug-likeness (QED) is 0.572. The summed E-state index contributed by atoms with van der Waals surface area (Å²) in [5, 5.41) is 0.232. The first-order valence-electron chi connectivity index (χ1n) is 3.73. The van der Waals surface area contributed by atoms with E-state index in [0.29, 0.717) is 17.2 Å². The molecule has 1 aromatic rings. The van der Waals surface area contributed by atoms with Crippen molar-refractivity contribution in [3.8, 4) is 11.5 Å². The van der Waals surface area contributed by atoms with Crippen LogP contribution in [0.5, 0.6) is 11.5 Å². The zero-order valence-electron chi connectivity index (χ0n) is 7.70. The van der Waals surface area contributed by atoms with Crippen LogP contribution >= 0.6 is 11.6 Å². The molecule has 0 heterocycles. The molecule has 1 aromatic carbocycles. The number of halogens is 1. The molecule has 0 amide bonds. The average molecular weight is 214 g/mol. The lowest BCUT2D eigenvalue weighted by molar-refractivity contribution is 0.355. The van der Waals surface area contributed by atoms with E-state index in [9.17, 15) is 4.79 Å². The molecule has 5 heteroatoms. The van der Waals surface area contributed by atoms with E-state index in [2.05, 4.69) is 4.99 Å². The maximum Gasteiger partial charge on any atom is 0.240 e. The minimum atomic E-state index is 0.232. The molecule has 0 spiro atoms. The zero-order valence-corrected chi connectivity index (χ0v) is 8.46. The molecule has 0 saturated heterocycles. The van der Waals surface area contributed by atoms with Gasteiger partial charge in [0.15, 0.2) is 11.5 Å². The summed E-state index contributed by atoms with van der Waals surface area (Å²) in [6.45, 7) is 0. The molecule has 0 aliphatic rings. The normalized spacial score (nSPS) is 9.07. The molecule has 14 heavy (non-hydrogen) atoms. The Balaban J connectivity index is 3.34. The Kier molecular flexibility index (Phi) is 3.51. The second-order valence-electron chi connectivity index (χ2n) is 2.34. The second-order valence-corrected chi connectivity index (χ2v) is 2.72. The van der Waals surface area contributed by atoms with Crippen LogP contribution in [0.15, 0.2) is 17.1 Å². The van der Waals surface area contributed by atoms with Crippen LogP contribution in [0.25, 0.3) is 0 Å². The summed E-state index contributed by atoms with van der Waals surface area (Å²) >= 11 is 5.89. The lowest BCUT2D eigenvalue weighted by atomic mass is 10.3. The fourth-order valence-electron chi connectivity index (χ4n) is 1.01. The summed E-state index contributed by atoms with van der Waals surface area (Å²) < 4.78 is 10.0. The molecule has 1 rings (SSSR count). The van der Waals surface area contributed by atoms with E-state index in [0.717, 1.165) is 0 Å². The van der Waals surface area contributed by atoms with Crippen molar-refractivity contribution in [3.63, 3.8) is 0 Å². The Morgan fingerprint density at radius 1 is 1.36 bits per heavy atom. The first-order valence-corrected chi connectivity index (χ1v) is 4.10. The first-order chi connectivity index (χ1) is 6.74. The van der Waals surface area contributed by atoms with Crippen LogP contribution in [-0.4, -0.2) is 20.3 Å². The Morgan fingerprint density at radius 3 is 2.57 bits per heavy atom. The number of methoxy groups -OCH3 is 2. The number of ether oxygens (including phenoxy) is 2. The van der Waals surface area contributed by atoms with Crippen molar-refractivity contribution >= 4 is 23.4 Å². The van der Waals surface area contributed by atoms with E-state index < -0.39 is 0 Å². The third-order valence-electron chi connectivity index (χ3n) is 1.63. The molecule has 0 unspecified atom stereocenters. The predicted molar refractivity (Wildman–Crippen MR) is 52.3 cm³/mol. The van der Waals surface area contributed by atoms with E-state index in [-0.39, 0.29) is 5.02 Å². The van der Waals surface area contributed by atoms with Crippen molar-refractivity contribution < 1.29 is 14.3 Å². The molecule has 0 N–H and O–H groups in total. The highest BCUT2D eigenvalue weighted by Gasteiger charge is 2.12. The smallest absolute Gasteiger partial charge is 0.240 e. The number of hydrogen-bond acceptors (Lipinski definition) is 4. The number of nitrogens with zero attached hydrogens (tertiary/aromatic N) is 1. The zero-order chi connectivity index (χ0) is 10.6. The molecule has 0 bridgehead atoms. The molecule has 0 aromatic heterocycles. The van der Waals surface area contributed by atoms with Gasteiger partial charge in [0.25, 0.3) is 0 Å². The summed E-state index contributed by atoms with van der Waals surface area (Å²) in [6, 6.07) is 3.16. The van der Waals surface area contributed by atoms with Gasteiger partial charge in [-0.05, 0) is 12.1 Å². The fourth-order valence-corrected chi connectivity index (χ4v) is 1.29. The average Bonchev–Trinajstić information content (AvgIpc) is 2.21. The minimum absolute atomic E-state index is 0.232. The molecule has 0 fully saturated rings. The van der Waals surface area contributed by atoms with Gasteiger partial charge in [-0.3, -0.25) is 0 Å².